The molecule has 0 fully saturated rings. The van der Waals surface area contributed by atoms with Gasteiger partial charge in [-0.05, 0) is 36.8 Å². The predicted molar refractivity (Wildman–Crippen MR) is 73.0 cm³/mol. The maximum absolute atomic E-state index is 12.7. The lowest BCUT2D eigenvalue weighted by atomic mass is 10.2. The first-order chi connectivity index (χ1) is 9.91. The van der Waals surface area contributed by atoms with E-state index in [0.717, 1.165) is 0 Å². The molecule has 112 valence electrons. The zero-order valence-electron chi connectivity index (χ0n) is 10.9. The van der Waals surface area contributed by atoms with Crippen LogP contribution in [0.1, 0.15) is 18.3 Å². The molecule has 0 aliphatic rings. The summed E-state index contributed by atoms with van der Waals surface area (Å²) in [5.74, 6) is -0.599. The number of nitrogens with one attached hydrogen (secondary N) is 1. The second-order valence-corrected chi connectivity index (χ2v) is 4.30. The number of hydrogen-bond acceptors (Lipinski definition) is 4. The molecule has 21 heavy (non-hydrogen) atoms. The van der Waals surface area contributed by atoms with Crippen molar-refractivity contribution in [3.8, 4) is 5.75 Å². The summed E-state index contributed by atoms with van der Waals surface area (Å²) in [6, 6.07) is 6.80. The summed E-state index contributed by atoms with van der Waals surface area (Å²) in [5.41, 5.74) is 0.581. The predicted octanol–water partition coefficient (Wildman–Crippen LogP) is 3.24. The molecular formula is C12H11F3N4OS. The quantitative estimate of drug-likeness (QED) is 0.696. The summed E-state index contributed by atoms with van der Waals surface area (Å²) in [7, 11) is 0. The van der Waals surface area contributed by atoms with Crippen molar-refractivity contribution >= 4 is 18.4 Å². The molecule has 2 aromatic rings. The summed E-state index contributed by atoms with van der Waals surface area (Å²) < 4.78 is 43.7. The minimum Gasteiger partial charge on any atom is -0.494 e. The van der Waals surface area contributed by atoms with Gasteiger partial charge in [-0.25, -0.2) is 5.10 Å². The molecule has 2 rings (SSSR count). The highest BCUT2D eigenvalue weighted by Crippen LogP contribution is 2.27. The van der Waals surface area contributed by atoms with Gasteiger partial charge >= 0.3 is 6.18 Å². The average Bonchev–Trinajstić information content (AvgIpc) is 2.78. The smallest absolute Gasteiger partial charge is 0.453 e. The van der Waals surface area contributed by atoms with Crippen molar-refractivity contribution in [1.29, 1.82) is 0 Å². The molecule has 0 atom stereocenters. The lowest BCUT2D eigenvalue weighted by molar-refractivity contribution is -0.147. The van der Waals surface area contributed by atoms with Gasteiger partial charge in [0.15, 0.2) is 0 Å². The van der Waals surface area contributed by atoms with Crippen molar-refractivity contribution < 1.29 is 17.9 Å². The van der Waals surface area contributed by atoms with E-state index in [0.29, 0.717) is 22.6 Å². The molecule has 1 aromatic carbocycles. The lowest BCUT2D eigenvalue weighted by Crippen LogP contribution is -2.12. The number of hydrogen-bond donors (Lipinski definition) is 1. The van der Waals surface area contributed by atoms with Crippen molar-refractivity contribution in [3.05, 3.63) is 40.4 Å². The maximum Gasteiger partial charge on any atom is 0.453 e. The van der Waals surface area contributed by atoms with Crippen LogP contribution in [0.3, 0.4) is 0 Å². The Labute approximate surface area is 123 Å². The molecule has 0 saturated carbocycles. The van der Waals surface area contributed by atoms with Gasteiger partial charge in [-0.2, -0.15) is 22.9 Å². The van der Waals surface area contributed by atoms with Crippen LogP contribution in [0, 0.1) is 4.77 Å². The van der Waals surface area contributed by atoms with E-state index < -0.39 is 12.0 Å². The largest absolute Gasteiger partial charge is 0.494 e. The fraction of sp³-hybridized carbons (Fsp3) is 0.250. The van der Waals surface area contributed by atoms with Gasteiger partial charge in [0, 0.05) is 0 Å². The molecular weight excluding hydrogens is 305 g/mol. The molecule has 9 heteroatoms. The van der Waals surface area contributed by atoms with Crippen LogP contribution in [0.2, 0.25) is 0 Å². The van der Waals surface area contributed by atoms with Crippen molar-refractivity contribution in [2.75, 3.05) is 6.61 Å². The van der Waals surface area contributed by atoms with E-state index in [1.54, 1.807) is 24.3 Å². The Hall–Kier alpha value is -2.16. The lowest BCUT2D eigenvalue weighted by Gasteiger charge is -2.05. The van der Waals surface area contributed by atoms with E-state index in [4.69, 9.17) is 17.0 Å². The van der Waals surface area contributed by atoms with Crippen molar-refractivity contribution in [1.82, 2.24) is 14.9 Å². The van der Waals surface area contributed by atoms with E-state index in [2.05, 4.69) is 15.3 Å². The van der Waals surface area contributed by atoms with Crippen molar-refractivity contribution in [2.24, 2.45) is 5.10 Å². The summed E-state index contributed by atoms with van der Waals surface area (Å²) in [5, 5.41) is 8.92. The first-order valence-electron chi connectivity index (χ1n) is 5.93. The highest BCUT2D eigenvalue weighted by atomic mass is 32.1. The topological polar surface area (TPSA) is 55.2 Å². The van der Waals surface area contributed by atoms with E-state index in [-0.39, 0.29) is 4.77 Å². The third kappa shape index (κ3) is 3.69. The van der Waals surface area contributed by atoms with Gasteiger partial charge in [0.1, 0.15) is 5.75 Å². The molecule has 0 aliphatic heterocycles. The SMILES string of the molecule is CCOc1cccc(/C=N\n2c(C(F)(F)F)n[nH]c2=S)c1. The fourth-order valence-corrected chi connectivity index (χ4v) is 1.74. The number of ether oxygens (including phenoxy) is 1. The molecule has 0 spiro atoms. The van der Waals surface area contributed by atoms with Crippen molar-refractivity contribution in [3.63, 3.8) is 0 Å². The highest BCUT2D eigenvalue weighted by molar-refractivity contribution is 7.71. The number of halogens is 3. The van der Waals surface area contributed by atoms with Crippen LogP contribution in [0.5, 0.6) is 5.75 Å². The van der Waals surface area contributed by atoms with Gasteiger partial charge in [0.05, 0.1) is 12.8 Å². The molecule has 0 saturated heterocycles. The Morgan fingerprint density at radius 3 is 2.90 bits per heavy atom. The molecule has 0 unspecified atom stereocenters. The van der Waals surface area contributed by atoms with Crippen LogP contribution >= 0.6 is 12.2 Å². The monoisotopic (exact) mass is 316 g/mol. The highest BCUT2D eigenvalue weighted by Gasteiger charge is 2.37. The number of rotatable bonds is 4. The van der Waals surface area contributed by atoms with Gasteiger partial charge in [-0.1, -0.05) is 12.1 Å². The maximum atomic E-state index is 12.7. The van der Waals surface area contributed by atoms with Gasteiger partial charge in [0.25, 0.3) is 5.82 Å². The summed E-state index contributed by atoms with van der Waals surface area (Å²) in [6.45, 7) is 2.33. The van der Waals surface area contributed by atoms with E-state index in [9.17, 15) is 13.2 Å². The zero-order valence-corrected chi connectivity index (χ0v) is 11.7. The Balaban J connectivity index is 2.32. The molecule has 0 amide bonds. The first-order valence-corrected chi connectivity index (χ1v) is 6.34. The van der Waals surface area contributed by atoms with Crippen LogP contribution < -0.4 is 4.74 Å². The zero-order chi connectivity index (χ0) is 15.5. The molecule has 0 bridgehead atoms. The summed E-state index contributed by atoms with van der Waals surface area (Å²) in [6.07, 6.45) is -3.39. The third-order valence-corrected chi connectivity index (χ3v) is 2.66. The minimum absolute atomic E-state index is 0.237. The number of benzene rings is 1. The first kappa shape index (κ1) is 15.2. The van der Waals surface area contributed by atoms with Crippen molar-refractivity contribution in [2.45, 2.75) is 13.1 Å². The van der Waals surface area contributed by atoms with E-state index in [1.807, 2.05) is 6.92 Å². The molecule has 1 N–H and O–H groups in total. The Morgan fingerprint density at radius 1 is 1.48 bits per heavy atom. The summed E-state index contributed by atoms with van der Waals surface area (Å²) >= 11 is 4.73. The van der Waals surface area contributed by atoms with Gasteiger partial charge in [-0.3, -0.25) is 0 Å². The van der Waals surface area contributed by atoms with Crippen LogP contribution in [0.25, 0.3) is 0 Å². The molecule has 0 aliphatic carbocycles. The normalized spacial score (nSPS) is 12.0. The Kier molecular flexibility index (Phi) is 4.41. The van der Waals surface area contributed by atoms with Gasteiger partial charge in [0.2, 0.25) is 4.77 Å². The fourth-order valence-electron chi connectivity index (χ4n) is 1.56. The second kappa shape index (κ2) is 6.08. The second-order valence-electron chi connectivity index (χ2n) is 3.91. The Bertz CT molecular complexity index is 705. The van der Waals surface area contributed by atoms with Gasteiger partial charge < -0.3 is 4.74 Å². The molecule has 5 nitrogen and oxygen atoms in total. The molecule has 1 heterocycles. The number of aromatic amines is 1. The Morgan fingerprint density at radius 2 is 2.24 bits per heavy atom. The van der Waals surface area contributed by atoms with Gasteiger partial charge in [-0.15, -0.1) is 5.10 Å². The van der Waals surface area contributed by atoms with Crippen LogP contribution in [-0.4, -0.2) is 27.7 Å². The summed E-state index contributed by atoms with van der Waals surface area (Å²) in [4.78, 5) is 0. The van der Waals surface area contributed by atoms with E-state index >= 15 is 0 Å². The average molecular weight is 316 g/mol. The standard InChI is InChI=1S/C12H11F3N4OS/c1-2-20-9-5-3-4-8(6-9)7-16-19-10(12(13,14)15)17-18-11(19)21/h3-7H,2H2,1H3,(H,18,21)/b16-7-. The number of aromatic nitrogens is 3. The molecule has 1 aromatic heterocycles. The van der Waals surface area contributed by atoms with Crippen LogP contribution in [0.4, 0.5) is 13.2 Å². The number of H-pyrrole nitrogens is 1. The van der Waals surface area contributed by atoms with Crippen LogP contribution in [0.15, 0.2) is 29.4 Å². The minimum atomic E-state index is -4.64. The third-order valence-electron chi connectivity index (χ3n) is 2.40. The number of alkyl halides is 3. The number of nitrogens with zero attached hydrogens (tertiary/aromatic N) is 3. The van der Waals surface area contributed by atoms with Crippen LogP contribution in [-0.2, 0) is 6.18 Å². The molecule has 0 radical (unpaired) electrons. The van der Waals surface area contributed by atoms with E-state index in [1.165, 1.54) is 6.21 Å².